The first-order chi connectivity index (χ1) is 14.8. The Morgan fingerprint density at radius 1 is 1.00 bits per heavy atom. The maximum Gasteiger partial charge on any atom is 0.338 e. The highest BCUT2D eigenvalue weighted by molar-refractivity contribution is 6.00. The number of methoxy groups -OCH3 is 1. The van der Waals surface area contributed by atoms with Gasteiger partial charge < -0.3 is 19.1 Å². The fourth-order valence-electron chi connectivity index (χ4n) is 3.80. The van der Waals surface area contributed by atoms with E-state index in [4.69, 9.17) is 9.47 Å². The number of aromatic nitrogens is 1. The van der Waals surface area contributed by atoms with Gasteiger partial charge in [0.15, 0.2) is 6.61 Å². The van der Waals surface area contributed by atoms with Gasteiger partial charge in [0.25, 0.3) is 0 Å². The number of aryl methyl sites for hydroxylation is 1. The molecule has 0 saturated carbocycles. The second-order valence-corrected chi connectivity index (χ2v) is 7.58. The molecule has 1 aromatic heterocycles. The molecular formula is C25H27NO5. The smallest absolute Gasteiger partial charge is 0.338 e. The van der Waals surface area contributed by atoms with Crippen LogP contribution in [0.1, 0.15) is 45.1 Å². The molecule has 0 bridgehead atoms. The van der Waals surface area contributed by atoms with Gasteiger partial charge in [-0.3, -0.25) is 4.79 Å². The fourth-order valence-corrected chi connectivity index (χ4v) is 3.80. The number of rotatable bonds is 8. The van der Waals surface area contributed by atoms with Gasteiger partial charge in [0.2, 0.25) is 5.78 Å². The van der Waals surface area contributed by atoms with Gasteiger partial charge in [0.05, 0.1) is 18.2 Å². The van der Waals surface area contributed by atoms with E-state index in [0.29, 0.717) is 17.7 Å². The van der Waals surface area contributed by atoms with Crippen molar-refractivity contribution in [2.24, 2.45) is 0 Å². The van der Waals surface area contributed by atoms with E-state index in [-0.39, 0.29) is 24.2 Å². The summed E-state index contributed by atoms with van der Waals surface area (Å²) in [5.74, 6) is -0.590. The zero-order chi connectivity index (χ0) is 22.5. The molecule has 162 valence electrons. The Kier molecular flexibility index (Phi) is 6.92. The van der Waals surface area contributed by atoms with Gasteiger partial charge in [0, 0.05) is 24.1 Å². The maximum absolute atomic E-state index is 12.7. The van der Waals surface area contributed by atoms with Gasteiger partial charge in [-0.25, -0.2) is 4.79 Å². The number of Topliss-reactive ketones (excluding diaryl/α,β-unsaturated/α-hetero) is 1. The van der Waals surface area contributed by atoms with Crippen molar-refractivity contribution in [1.29, 1.82) is 0 Å². The summed E-state index contributed by atoms with van der Waals surface area (Å²) in [6.07, 6.45) is 0. The van der Waals surface area contributed by atoms with Gasteiger partial charge >= 0.3 is 5.97 Å². The first kappa shape index (κ1) is 22.3. The van der Waals surface area contributed by atoms with E-state index in [9.17, 15) is 14.7 Å². The zero-order valence-electron chi connectivity index (χ0n) is 18.2. The SMILES string of the molecule is COC[C@H](C)n1c(C)cc(C(=O)COC(=O)c2ccc(-c3ccc(O)cc3)cc2)c1C. The molecule has 6 nitrogen and oxygen atoms in total. The lowest BCUT2D eigenvalue weighted by Gasteiger charge is -2.17. The number of aromatic hydroxyl groups is 1. The van der Waals surface area contributed by atoms with Crippen LogP contribution in [0.2, 0.25) is 0 Å². The lowest BCUT2D eigenvalue weighted by Crippen LogP contribution is -2.17. The predicted octanol–water partition coefficient (Wildman–Crippen LogP) is 4.72. The van der Waals surface area contributed by atoms with E-state index >= 15 is 0 Å². The summed E-state index contributed by atoms with van der Waals surface area (Å²) in [5.41, 5.74) is 4.55. The van der Waals surface area contributed by atoms with E-state index in [1.807, 2.05) is 26.8 Å². The minimum atomic E-state index is -0.549. The lowest BCUT2D eigenvalue weighted by atomic mass is 10.0. The van der Waals surface area contributed by atoms with Crippen molar-refractivity contribution in [2.75, 3.05) is 20.3 Å². The molecule has 3 rings (SSSR count). The molecule has 1 atom stereocenters. The standard InChI is InChI=1S/C25H27NO5/c1-16-13-23(18(3)26(16)17(2)14-30-4)24(28)15-31-25(29)21-7-5-19(6-8-21)20-9-11-22(27)12-10-20/h5-13,17,27H,14-15H2,1-4H3/t17-/m0/s1. The molecule has 0 aliphatic rings. The molecule has 0 fully saturated rings. The molecule has 0 aliphatic heterocycles. The first-order valence-electron chi connectivity index (χ1n) is 10.1. The highest BCUT2D eigenvalue weighted by Crippen LogP contribution is 2.23. The van der Waals surface area contributed by atoms with Crippen molar-refractivity contribution in [1.82, 2.24) is 4.57 Å². The summed E-state index contributed by atoms with van der Waals surface area (Å²) in [6, 6.07) is 15.7. The van der Waals surface area contributed by atoms with E-state index in [1.165, 1.54) is 0 Å². The molecule has 0 unspecified atom stereocenters. The Bertz CT molecular complexity index is 1060. The van der Waals surface area contributed by atoms with Crippen LogP contribution in [0.3, 0.4) is 0 Å². The van der Waals surface area contributed by atoms with Crippen LogP contribution in [0.4, 0.5) is 0 Å². The number of hydrogen-bond acceptors (Lipinski definition) is 5. The molecule has 0 amide bonds. The normalized spacial score (nSPS) is 11.9. The van der Waals surface area contributed by atoms with Crippen molar-refractivity contribution < 1.29 is 24.2 Å². The summed E-state index contributed by atoms with van der Waals surface area (Å²) < 4.78 is 12.5. The number of esters is 1. The second kappa shape index (κ2) is 9.62. The number of ether oxygens (including phenoxy) is 2. The average molecular weight is 421 g/mol. The number of benzene rings is 2. The van der Waals surface area contributed by atoms with Crippen molar-refractivity contribution in [2.45, 2.75) is 26.8 Å². The van der Waals surface area contributed by atoms with Crippen molar-refractivity contribution in [3.63, 3.8) is 0 Å². The van der Waals surface area contributed by atoms with Gasteiger partial charge in [0.1, 0.15) is 5.75 Å². The highest BCUT2D eigenvalue weighted by Gasteiger charge is 2.20. The summed E-state index contributed by atoms with van der Waals surface area (Å²) in [4.78, 5) is 25.1. The van der Waals surface area contributed by atoms with E-state index in [1.54, 1.807) is 55.6 Å². The van der Waals surface area contributed by atoms with Crippen LogP contribution in [-0.2, 0) is 9.47 Å². The third-order valence-corrected chi connectivity index (χ3v) is 5.29. The number of carbonyl (C=O) groups excluding carboxylic acids is 2. The number of hydrogen-bond donors (Lipinski definition) is 1. The number of phenolic OH excluding ortho intramolecular Hbond substituents is 1. The predicted molar refractivity (Wildman–Crippen MR) is 119 cm³/mol. The molecule has 6 heteroatoms. The summed E-state index contributed by atoms with van der Waals surface area (Å²) in [7, 11) is 1.65. The molecule has 1 N–H and O–H groups in total. The van der Waals surface area contributed by atoms with Crippen LogP contribution < -0.4 is 0 Å². The van der Waals surface area contributed by atoms with E-state index in [0.717, 1.165) is 22.5 Å². The lowest BCUT2D eigenvalue weighted by molar-refractivity contribution is 0.0474. The van der Waals surface area contributed by atoms with Gasteiger partial charge in [-0.05, 0) is 62.2 Å². The average Bonchev–Trinajstić information content (AvgIpc) is 3.06. The molecule has 2 aromatic carbocycles. The molecular weight excluding hydrogens is 394 g/mol. The van der Waals surface area contributed by atoms with Crippen LogP contribution >= 0.6 is 0 Å². The molecule has 0 aliphatic carbocycles. The topological polar surface area (TPSA) is 77.8 Å². The van der Waals surface area contributed by atoms with Gasteiger partial charge in [-0.2, -0.15) is 0 Å². The molecule has 3 aromatic rings. The van der Waals surface area contributed by atoms with Crippen LogP contribution in [0, 0.1) is 13.8 Å². The Morgan fingerprint density at radius 2 is 1.58 bits per heavy atom. The monoisotopic (exact) mass is 421 g/mol. The zero-order valence-corrected chi connectivity index (χ0v) is 18.2. The minimum Gasteiger partial charge on any atom is -0.508 e. The third kappa shape index (κ3) is 5.03. The van der Waals surface area contributed by atoms with Crippen molar-refractivity contribution >= 4 is 11.8 Å². The second-order valence-electron chi connectivity index (χ2n) is 7.58. The van der Waals surface area contributed by atoms with Crippen molar-refractivity contribution in [3.8, 4) is 16.9 Å². The summed E-state index contributed by atoms with van der Waals surface area (Å²) >= 11 is 0. The Morgan fingerprint density at radius 3 is 2.16 bits per heavy atom. The van der Waals surface area contributed by atoms with E-state index < -0.39 is 5.97 Å². The molecule has 31 heavy (non-hydrogen) atoms. The Hall–Kier alpha value is -3.38. The number of phenols is 1. The molecule has 1 heterocycles. The number of ketones is 1. The highest BCUT2D eigenvalue weighted by atomic mass is 16.5. The largest absolute Gasteiger partial charge is 0.508 e. The van der Waals surface area contributed by atoms with Crippen LogP contribution in [0.25, 0.3) is 11.1 Å². The first-order valence-corrected chi connectivity index (χ1v) is 10.1. The minimum absolute atomic E-state index is 0.0983. The molecule has 0 radical (unpaired) electrons. The Balaban J connectivity index is 1.65. The van der Waals surface area contributed by atoms with Gasteiger partial charge in [-0.1, -0.05) is 24.3 Å². The van der Waals surface area contributed by atoms with E-state index in [2.05, 4.69) is 4.57 Å². The van der Waals surface area contributed by atoms with Crippen LogP contribution in [0.5, 0.6) is 5.75 Å². The molecule has 0 spiro atoms. The van der Waals surface area contributed by atoms with Crippen LogP contribution in [-0.4, -0.2) is 41.7 Å². The number of nitrogens with zero attached hydrogens (tertiary/aromatic N) is 1. The summed E-state index contributed by atoms with van der Waals surface area (Å²) in [6.45, 7) is 6.08. The van der Waals surface area contributed by atoms with Crippen LogP contribution in [0.15, 0.2) is 54.6 Å². The fraction of sp³-hybridized carbons (Fsp3) is 0.280. The summed E-state index contributed by atoms with van der Waals surface area (Å²) in [5, 5.41) is 9.40. The van der Waals surface area contributed by atoms with Gasteiger partial charge in [-0.15, -0.1) is 0 Å². The maximum atomic E-state index is 12.7. The molecule has 0 saturated heterocycles. The quantitative estimate of drug-likeness (QED) is 0.420. The van der Waals surface area contributed by atoms with Crippen molar-refractivity contribution in [3.05, 3.63) is 77.1 Å². The third-order valence-electron chi connectivity index (χ3n) is 5.29. The number of carbonyl (C=O) groups is 2. The Labute approximate surface area is 182 Å².